The van der Waals surface area contributed by atoms with Crippen LogP contribution in [-0.4, -0.2) is 42.4 Å². The van der Waals surface area contributed by atoms with Crippen molar-refractivity contribution in [2.24, 2.45) is 5.92 Å². The number of likely N-dealkylation sites (tertiary alicyclic amines) is 1. The molecule has 1 fully saturated rings. The van der Waals surface area contributed by atoms with Crippen molar-refractivity contribution in [2.75, 3.05) is 26.3 Å². The Balaban J connectivity index is 1.75. The van der Waals surface area contributed by atoms with Gasteiger partial charge in [-0.05, 0) is 49.9 Å². The van der Waals surface area contributed by atoms with Crippen molar-refractivity contribution in [1.29, 1.82) is 5.26 Å². The van der Waals surface area contributed by atoms with Crippen LogP contribution in [0.3, 0.4) is 0 Å². The highest BCUT2D eigenvalue weighted by molar-refractivity contribution is 5.36. The van der Waals surface area contributed by atoms with E-state index < -0.39 is 0 Å². The average Bonchev–Trinajstić information content (AvgIpc) is 2.52. The molecule has 1 aromatic rings. The molecule has 0 aliphatic carbocycles. The third-order valence-corrected chi connectivity index (χ3v) is 4.24. The molecule has 0 spiro atoms. The van der Waals surface area contributed by atoms with Gasteiger partial charge >= 0.3 is 0 Å². The first kappa shape index (κ1) is 15.8. The first-order valence-electron chi connectivity index (χ1n) is 7.72. The standard InChI is InChI=1S/C17H24N2O2/c1-14-5-3-8-19(17(14)13-20)9-4-10-21-16-7-2-6-15(11-16)12-18/h2,6-7,11,14,17,20H,3-5,8-10,13H2,1H3. The van der Waals surface area contributed by atoms with E-state index in [1.807, 2.05) is 12.1 Å². The Hall–Kier alpha value is -1.57. The number of aliphatic hydroxyl groups excluding tert-OH is 1. The second-order valence-corrected chi connectivity index (χ2v) is 5.75. The summed E-state index contributed by atoms with van der Waals surface area (Å²) < 4.78 is 5.69. The van der Waals surface area contributed by atoms with Crippen molar-refractivity contribution in [3.05, 3.63) is 29.8 Å². The van der Waals surface area contributed by atoms with Crippen LogP contribution in [0.15, 0.2) is 24.3 Å². The van der Waals surface area contributed by atoms with Gasteiger partial charge in [-0.15, -0.1) is 0 Å². The van der Waals surface area contributed by atoms with Crippen LogP contribution in [0.2, 0.25) is 0 Å². The summed E-state index contributed by atoms with van der Waals surface area (Å²) in [5.41, 5.74) is 0.623. The lowest BCUT2D eigenvalue weighted by Gasteiger charge is -2.39. The number of hydrogen-bond donors (Lipinski definition) is 1. The number of benzene rings is 1. The smallest absolute Gasteiger partial charge is 0.120 e. The minimum atomic E-state index is 0.242. The van der Waals surface area contributed by atoms with E-state index in [1.165, 1.54) is 12.8 Å². The molecule has 1 N–H and O–H groups in total. The van der Waals surface area contributed by atoms with Gasteiger partial charge in [0.05, 0.1) is 24.8 Å². The van der Waals surface area contributed by atoms with Gasteiger partial charge in [-0.1, -0.05) is 13.0 Å². The number of hydrogen-bond acceptors (Lipinski definition) is 4. The molecule has 1 saturated heterocycles. The molecule has 4 nitrogen and oxygen atoms in total. The summed E-state index contributed by atoms with van der Waals surface area (Å²) in [6.45, 7) is 5.12. The molecule has 1 heterocycles. The summed E-state index contributed by atoms with van der Waals surface area (Å²) in [4.78, 5) is 2.38. The van der Waals surface area contributed by atoms with Gasteiger partial charge < -0.3 is 9.84 Å². The molecule has 0 bridgehead atoms. The highest BCUT2D eigenvalue weighted by Gasteiger charge is 2.27. The van der Waals surface area contributed by atoms with Crippen LogP contribution in [0.25, 0.3) is 0 Å². The molecule has 114 valence electrons. The molecule has 21 heavy (non-hydrogen) atoms. The number of nitriles is 1. The van der Waals surface area contributed by atoms with Gasteiger partial charge in [0.2, 0.25) is 0 Å². The molecule has 2 atom stereocenters. The van der Waals surface area contributed by atoms with Crippen LogP contribution in [0, 0.1) is 17.2 Å². The van der Waals surface area contributed by atoms with Gasteiger partial charge in [-0.2, -0.15) is 5.26 Å². The molecular formula is C17H24N2O2. The topological polar surface area (TPSA) is 56.5 Å². The molecule has 0 amide bonds. The lowest BCUT2D eigenvalue weighted by molar-refractivity contribution is 0.0494. The molecule has 1 aliphatic heterocycles. The number of aliphatic hydroxyl groups is 1. The minimum absolute atomic E-state index is 0.242. The predicted octanol–water partition coefficient (Wildman–Crippen LogP) is 2.42. The van der Waals surface area contributed by atoms with E-state index in [2.05, 4.69) is 17.9 Å². The lowest BCUT2D eigenvalue weighted by atomic mass is 9.91. The summed E-state index contributed by atoms with van der Waals surface area (Å²) in [5, 5.41) is 18.4. The molecule has 0 radical (unpaired) electrons. The van der Waals surface area contributed by atoms with Crippen molar-refractivity contribution >= 4 is 0 Å². The first-order chi connectivity index (χ1) is 10.2. The molecule has 1 aliphatic rings. The highest BCUT2D eigenvalue weighted by Crippen LogP contribution is 2.23. The van der Waals surface area contributed by atoms with E-state index in [0.717, 1.165) is 25.3 Å². The summed E-state index contributed by atoms with van der Waals surface area (Å²) in [5.74, 6) is 1.32. The lowest BCUT2D eigenvalue weighted by Crippen LogP contribution is -2.47. The molecule has 4 heteroatoms. The normalized spacial score (nSPS) is 22.7. The minimum Gasteiger partial charge on any atom is -0.494 e. The maximum atomic E-state index is 9.52. The Morgan fingerprint density at radius 2 is 2.33 bits per heavy atom. The number of ether oxygens (including phenoxy) is 1. The van der Waals surface area contributed by atoms with Crippen molar-refractivity contribution in [3.8, 4) is 11.8 Å². The van der Waals surface area contributed by atoms with Crippen LogP contribution in [0.5, 0.6) is 5.75 Å². The predicted molar refractivity (Wildman–Crippen MR) is 82.1 cm³/mol. The second-order valence-electron chi connectivity index (χ2n) is 5.75. The van der Waals surface area contributed by atoms with Gasteiger partial charge in [0.15, 0.2) is 0 Å². The zero-order valence-corrected chi connectivity index (χ0v) is 12.7. The molecule has 2 unspecified atom stereocenters. The summed E-state index contributed by atoms with van der Waals surface area (Å²) in [6.07, 6.45) is 3.35. The van der Waals surface area contributed by atoms with E-state index in [0.29, 0.717) is 24.1 Å². The Labute approximate surface area is 127 Å². The highest BCUT2D eigenvalue weighted by atomic mass is 16.5. The fourth-order valence-corrected chi connectivity index (χ4v) is 3.02. The van der Waals surface area contributed by atoms with E-state index in [1.54, 1.807) is 12.1 Å². The monoisotopic (exact) mass is 288 g/mol. The summed E-state index contributed by atoms with van der Waals surface area (Å²) >= 11 is 0. The molecule has 1 aromatic carbocycles. The van der Waals surface area contributed by atoms with Crippen molar-refractivity contribution < 1.29 is 9.84 Å². The third-order valence-electron chi connectivity index (χ3n) is 4.24. The van der Waals surface area contributed by atoms with Crippen molar-refractivity contribution in [2.45, 2.75) is 32.2 Å². The van der Waals surface area contributed by atoms with Gasteiger partial charge in [0.25, 0.3) is 0 Å². The van der Waals surface area contributed by atoms with Crippen LogP contribution in [0.1, 0.15) is 31.7 Å². The van der Waals surface area contributed by atoms with Crippen LogP contribution >= 0.6 is 0 Å². The van der Waals surface area contributed by atoms with Gasteiger partial charge in [0.1, 0.15) is 5.75 Å². The molecular weight excluding hydrogens is 264 g/mol. The summed E-state index contributed by atoms with van der Waals surface area (Å²) in [7, 11) is 0. The zero-order chi connectivity index (χ0) is 15.1. The fraction of sp³-hybridized carbons (Fsp3) is 0.588. The first-order valence-corrected chi connectivity index (χ1v) is 7.72. The van der Waals surface area contributed by atoms with Gasteiger partial charge in [0, 0.05) is 12.6 Å². The van der Waals surface area contributed by atoms with Gasteiger partial charge in [-0.25, -0.2) is 0 Å². The van der Waals surface area contributed by atoms with Crippen LogP contribution in [-0.2, 0) is 0 Å². The van der Waals surface area contributed by atoms with Crippen LogP contribution in [0.4, 0.5) is 0 Å². The maximum absolute atomic E-state index is 9.52. The number of piperidine rings is 1. The third kappa shape index (κ3) is 4.45. The Morgan fingerprint density at radius 3 is 3.10 bits per heavy atom. The number of rotatable bonds is 6. The molecule has 2 rings (SSSR count). The Morgan fingerprint density at radius 1 is 1.48 bits per heavy atom. The zero-order valence-electron chi connectivity index (χ0n) is 12.7. The quantitative estimate of drug-likeness (QED) is 0.817. The Bertz CT molecular complexity index is 484. The van der Waals surface area contributed by atoms with Crippen molar-refractivity contribution in [1.82, 2.24) is 4.90 Å². The largest absolute Gasteiger partial charge is 0.494 e. The SMILES string of the molecule is CC1CCCN(CCCOc2cccc(C#N)c2)C1CO. The van der Waals surface area contributed by atoms with Crippen molar-refractivity contribution in [3.63, 3.8) is 0 Å². The number of nitrogens with zero attached hydrogens (tertiary/aromatic N) is 2. The fourth-order valence-electron chi connectivity index (χ4n) is 3.02. The van der Waals surface area contributed by atoms with E-state index in [4.69, 9.17) is 10.00 Å². The van der Waals surface area contributed by atoms with Gasteiger partial charge in [-0.3, -0.25) is 4.90 Å². The average molecular weight is 288 g/mol. The Kier molecular flexibility index (Phi) is 6.04. The molecule has 0 saturated carbocycles. The summed E-state index contributed by atoms with van der Waals surface area (Å²) in [6, 6.07) is 9.65. The van der Waals surface area contributed by atoms with Crippen LogP contribution < -0.4 is 4.74 Å². The van der Waals surface area contributed by atoms with E-state index in [-0.39, 0.29) is 6.61 Å². The molecule has 0 aromatic heterocycles. The second kappa shape index (κ2) is 8.02. The van der Waals surface area contributed by atoms with E-state index in [9.17, 15) is 5.11 Å². The van der Waals surface area contributed by atoms with E-state index >= 15 is 0 Å². The maximum Gasteiger partial charge on any atom is 0.120 e.